The first-order chi connectivity index (χ1) is 18.5. The first kappa shape index (κ1) is 26.5. The van der Waals surface area contributed by atoms with Crippen LogP contribution < -0.4 is 10.1 Å². The van der Waals surface area contributed by atoms with Gasteiger partial charge in [-0.25, -0.2) is 8.42 Å². The maximum absolute atomic E-state index is 13.2. The Kier molecular flexibility index (Phi) is 8.15. The molecule has 9 nitrogen and oxygen atoms in total. The first-order valence-electron chi connectivity index (χ1n) is 12.5. The average molecular weight is 598 g/mol. The summed E-state index contributed by atoms with van der Waals surface area (Å²) in [6.07, 6.45) is 10.7. The molecule has 5 rings (SSSR count). The minimum Gasteiger partial charge on any atom is -0.446 e. The predicted octanol–water partition coefficient (Wildman–Crippen LogP) is 4.29. The number of rotatable bonds is 8. The van der Waals surface area contributed by atoms with Crippen molar-refractivity contribution in [2.45, 2.75) is 30.7 Å². The Hall–Kier alpha value is -3.15. The van der Waals surface area contributed by atoms with Crippen LogP contribution in [0.25, 0.3) is 0 Å². The molecule has 0 radical (unpaired) electrons. The van der Waals surface area contributed by atoms with E-state index in [4.69, 9.17) is 15.1 Å². The summed E-state index contributed by atoms with van der Waals surface area (Å²) >= 11 is 3.68. The number of ether oxygens (including phenoxy) is 1. The Morgan fingerprint density at radius 3 is 2.66 bits per heavy atom. The summed E-state index contributed by atoms with van der Waals surface area (Å²) in [4.78, 5) is 14.0. The van der Waals surface area contributed by atoms with Crippen molar-refractivity contribution < 1.29 is 13.2 Å². The van der Waals surface area contributed by atoms with Gasteiger partial charge in [0.25, 0.3) is 0 Å². The molecule has 0 spiro atoms. The molecule has 38 heavy (non-hydrogen) atoms. The van der Waals surface area contributed by atoms with E-state index in [1.165, 1.54) is 12.1 Å². The SMILES string of the molecule is N=COc1ccc(S(=O)(=O)N2CCC(C3=NC4=C(Br)C=NCCC4C(NCc4cccnc4)=C3)CC2)cc1. The molecule has 0 bridgehead atoms. The number of benzene rings is 1. The molecule has 1 aromatic heterocycles. The van der Waals surface area contributed by atoms with Gasteiger partial charge >= 0.3 is 0 Å². The fourth-order valence-electron chi connectivity index (χ4n) is 4.97. The van der Waals surface area contributed by atoms with E-state index in [9.17, 15) is 8.42 Å². The van der Waals surface area contributed by atoms with Crippen molar-refractivity contribution in [1.82, 2.24) is 14.6 Å². The fourth-order valence-corrected chi connectivity index (χ4v) is 6.95. The number of aliphatic imine (C=N–C) groups is 2. The zero-order valence-electron chi connectivity index (χ0n) is 20.8. The first-order valence-corrected chi connectivity index (χ1v) is 14.8. The van der Waals surface area contributed by atoms with Gasteiger partial charge in [0.1, 0.15) is 5.75 Å². The third-order valence-corrected chi connectivity index (χ3v) is 9.53. The fraction of sp³-hybridized carbons (Fsp3) is 0.333. The minimum atomic E-state index is -3.62. The summed E-state index contributed by atoms with van der Waals surface area (Å²) in [7, 11) is -3.62. The van der Waals surface area contributed by atoms with Crippen molar-refractivity contribution in [3.63, 3.8) is 0 Å². The van der Waals surface area contributed by atoms with E-state index in [0.29, 0.717) is 38.2 Å². The number of nitrogens with zero attached hydrogens (tertiary/aromatic N) is 4. The Labute approximate surface area is 231 Å². The molecule has 1 aromatic carbocycles. The molecule has 11 heteroatoms. The predicted molar refractivity (Wildman–Crippen MR) is 151 cm³/mol. The van der Waals surface area contributed by atoms with Crippen LogP contribution in [0.5, 0.6) is 5.75 Å². The third-order valence-electron chi connectivity index (χ3n) is 7.00. The van der Waals surface area contributed by atoms with E-state index in [0.717, 1.165) is 46.5 Å². The number of pyridine rings is 1. The lowest BCUT2D eigenvalue weighted by Gasteiger charge is -2.34. The molecule has 1 saturated heterocycles. The molecule has 1 atom stereocenters. The number of nitrogens with one attached hydrogen (secondary N) is 2. The molecular formula is C27H29BrN6O3S. The molecule has 2 aromatic rings. The summed E-state index contributed by atoms with van der Waals surface area (Å²) in [6, 6.07) is 10.1. The summed E-state index contributed by atoms with van der Waals surface area (Å²) < 4.78 is 33.9. The molecule has 2 N–H and O–H groups in total. The van der Waals surface area contributed by atoms with Gasteiger partial charge in [-0.15, -0.1) is 0 Å². The second-order valence-electron chi connectivity index (χ2n) is 9.35. The normalized spacial score (nSPS) is 20.7. The van der Waals surface area contributed by atoms with Crippen LogP contribution in [-0.2, 0) is 16.6 Å². The van der Waals surface area contributed by atoms with E-state index < -0.39 is 10.0 Å². The van der Waals surface area contributed by atoms with Gasteiger partial charge in [0.2, 0.25) is 10.0 Å². The smallest absolute Gasteiger partial charge is 0.243 e. The highest BCUT2D eigenvalue weighted by Gasteiger charge is 2.34. The van der Waals surface area contributed by atoms with Crippen LogP contribution in [0.4, 0.5) is 0 Å². The van der Waals surface area contributed by atoms with Crippen LogP contribution >= 0.6 is 15.9 Å². The van der Waals surface area contributed by atoms with Gasteiger partial charge in [0.05, 0.1) is 15.1 Å². The number of piperidine rings is 1. The van der Waals surface area contributed by atoms with E-state index in [2.05, 4.69) is 37.3 Å². The Bertz CT molecular complexity index is 1400. The van der Waals surface area contributed by atoms with E-state index in [-0.39, 0.29) is 16.7 Å². The van der Waals surface area contributed by atoms with Crippen LogP contribution in [0.3, 0.4) is 0 Å². The maximum Gasteiger partial charge on any atom is 0.243 e. The molecule has 0 saturated carbocycles. The van der Waals surface area contributed by atoms with Crippen LogP contribution in [0, 0.1) is 17.2 Å². The van der Waals surface area contributed by atoms with Crippen LogP contribution in [0.2, 0.25) is 0 Å². The number of fused-ring (bicyclic) bond motifs is 1. The molecule has 0 aliphatic carbocycles. The standard InChI is InChI=1S/C27H29BrN6O3S/c28-24-17-31-11-7-23-26(32-16-19-2-1-10-30-15-19)14-25(33-27(23)24)20-8-12-34(13-9-20)38(35,36)22-5-3-21(4-6-22)37-18-29/h1-6,10,14-15,17-18,20,23,29,32H,7-9,11-13,16H2. The van der Waals surface area contributed by atoms with E-state index in [1.54, 1.807) is 22.6 Å². The highest BCUT2D eigenvalue weighted by atomic mass is 79.9. The van der Waals surface area contributed by atoms with Crippen LogP contribution in [0.15, 0.2) is 85.6 Å². The van der Waals surface area contributed by atoms with Crippen LogP contribution in [0.1, 0.15) is 24.8 Å². The molecule has 198 valence electrons. The molecule has 3 aliphatic rings. The van der Waals surface area contributed by atoms with Crippen molar-refractivity contribution in [3.05, 3.63) is 76.3 Å². The van der Waals surface area contributed by atoms with E-state index in [1.807, 2.05) is 24.5 Å². The highest BCUT2D eigenvalue weighted by molar-refractivity contribution is 9.12. The summed E-state index contributed by atoms with van der Waals surface area (Å²) in [5, 5.41) is 10.6. The van der Waals surface area contributed by atoms with E-state index >= 15 is 0 Å². The molecule has 4 heterocycles. The third kappa shape index (κ3) is 5.79. The van der Waals surface area contributed by atoms with Gasteiger partial charge in [0.15, 0.2) is 6.40 Å². The molecule has 0 amide bonds. The molecular weight excluding hydrogens is 568 g/mol. The summed E-state index contributed by atoms with van der Waals surface area (Å²) in [5.74, 6) is 0.691. The van der Waals surface area contributed by atoms with Gasteiger partial charge < -0.3 is 10.1 Å². The minimum absolute atomic E-state index is 0.118. The van der Waals surface area contributed by atoms with Gasteiger partial charge in [-0.05, 0) is 77.2 Å². The largest absolute Gasteiger partial charge is 0.446 e. The zero-order chi connectivity index (χ0) is 26.5. The zero-order valence-corrected chi connectivity index (χ0v) is 23.2. The van der Waals surface area contributed by atoms with Gasteiger partial charge in [-0.3, -0.25) is 20.4 Å². The number of hydrogen-bond donors (Lipinski definition) is 2. The molecule has 1 unspecified atom stereocenters. The van der Waals surface area contributed by atoms with Gasteiger partial charge in [-0.1, -0.05) is 6.07 Å². The number of sulfonamides is 1. The number of halogens is 1. The van der Waals surface area contributed by atoms with Crippen molar-refractivity contribution in [1.29, 1.82) is 5.41 Å². The van der Waals surface area contributed by atoms with Gasteiger partial charge in [-0.2, -0.15) is 4.31 Å². The second-order valence-corrected chi connectivity index (χ2v) is 12.1. The van der Waals surface area contributed by atoms with Crippen molar-refractivity contribution in [2.24, 2.45) is 21.8 Å². The van der Waals surface area contributed by atoms with Gasteiger partial charge in [0, 0.05) is 68.0 Å². The molecule has 3 aliphatic heterocycles. The summed E-state index contributed by atoms with van der Waals surface area (Å²) in [6.45, 7) is 2.23. The van der Waals surface area contributed by atoms with Crippen molar-refractivity contribution >= 4 is 44.3 Å². The number of hydrogen-bond acceptors (Lipinski definition) is 8. The average Bonchev–Trinajstić information content (AvgIpc) is 3.14. The summed E-state index contributed by atoms with van der Waals surface area (Å²) in [5.41, 5.74) is 4.16. The quantitative estimate of drug-likeness (QED) is 0.348. The Morgan fingerprint density at radius 2 is 1.95 bits per heavy atom. The monoisotopic (exact) mass is 596 g/mol. The Morgan fingerprint density at radius 1 is 1.16 bits per heavy atom. The number of allylic oxidation sites excluding steroid dienone is 2. The Balaban J connectivity index is 1.32. The van der Waals surface area contributed by atoms with Crippen molar-refractivity contribution in [2.75, 3.05) is 19.6 Å². The lowest BCUT2D eigenvalue weighted by molar-refractivity contribution is 0.316. The second kappa shape index (κ2) is 11.7. The lowest BCUT2D eigenvalue weighted by Crippen LogP contribution is -2.40. The number of aromatic nitrogens is 1. The molecule has 1 fully saturated rings. The highest BCUT2D eigenvalue weighted by Crippen LogP contribution is 2.36. The van der Waals surface area contributed by atoms with Crippen molar-refractivity contribution in [3.8, 4) is 5.75 Å². The van der Waals surface area contributed by atoms with Crippen LogP contribution in [-0.4, -0.2) is 55.7 Å². The lowest BCUT2D eigenvalue weighted by atomic mass is 9.86. The number of dihydropyridines is 1. The maximum atomic E-state index is 13.2. The topological polar surface area (TPSA) is 120 Å².